The summed E-state index contributed by atoms with van der Waals surface area (Å²) in [6, 6.07) is 2.27. The highest BCUT2D eigenvalue weighted by atomic mass is 19.1. The molecule has 2 bridgehead atoms. The molecule has 1 amide bonds. The summed E-state index contributed by atoms with van der Waals surface area (Å²) in [7, 11) is 0. The van der Waals surface area contributed by atoms with Gasteiger partial charge in [0.15, 0.2) is 0 Å². The molecule has 2 aromatic rings. The number of pyridine rings is 1. The van der Waals surface area contributed by atoms with Crippen LogP contribution in [0.2, 0.25) is 0 Å². The van der Waals surface area contributed by atoms with Crippen LogP contribution in [0.15, 0.2) is 22.7 Å². The van der Waals surface area contributed by atoms with Crippen molar-refractivity contribution >= 4 is 16.9 Å². The molecule has 4 rings (SSSR count). The van der Waals surface area contributed by atoms with Crippen LogP contribution in [0.5, 0.6) is 0 Å². The minimum atomic E-state index is -0.666. The number of nitrogens with one attached hydrogen (secondary N) is 1. The van der Waals surface area contributed by atoms with Crippen LogP contribution in [-0.2, 0) is 0 Å². The summed E-state index contributed by atoms with van der Waals surface area (Å²) in [5.74, 6) is 0.325. The first-order chi connectivity index (χ1) is 9.69. The van der Waals surface area contributed by atoms with E-state index in [2.05, 4.69) is 15.2 Å². The monoisotopic (exact) mass is 275 g/mol. The van der Waals surface area contributed by atoms with E-state index in [4.69, 9.17) is 4.42 Å². The highest BCUT2D eigenvalue weighted by Gasteiger charge is 2.38. The van der Waals surface area contributed by atoms with Gasteiger partial charge in [-0.1, -0.05) is 0 Å². The Morgan fingerprint density at radius 3 is 3.10 bits per heavy atom. The number of amides is 1. The lowest BCUT2D eigenvalue weighted by Gasteiger charge is -2.22. The molecular formula is C14H14FN3O2. The number of carbonyl (C=O) groups is 1. The Morgan fingerprint density at radius 1 is 1.45 bits per heavy atom. The predicted octanol–water partition coefficient (Wildman–Crippen LogP) is 1.40. The quantitative estimate of drug-likeness (QED) is 0.900. The van der Waals surface area contributed by atoms with Gasteiger partial charge in [-0.05, 0) is 18.9 Å². The average Bonchev–Trinajstić information content (AvgIpc) is 3.10. The van der Waals surface area contributed by atoms with Crippen LogP contribution >= 0.6 is 0 Å². The third-order valence-electron chi connectivity index (χ3n) is 4.25. The molecule has 6 heteroatoms. The molecule has 3 atom stereocenters. The topological polar surface area (TPSA) is 58.4 Å². The lowest BCUT2D eigenvalue weighted by atomic mass is 10.00. The standard InChI is InChI=1S/C14H14FN3O2/c15-13-3-9-5-16-10(4-12(9)20-13)14(19)17-11-7-18-2-1-8(11)6-18/h3-5,8,11H,1-2,6-7H2,(H,17,19). The maximum atomic E-state index is 13.0. The van der Waals surface area contributed by atoms with Crippen LogP contribution in [-0.4, -0.2) is 41.5 Å². The van der Waals surface area contributed by atoms with Crippen LogP contribution in [0.1, 0.15) is 16.9 Å². The second-order valence-electron chi connectivity index (χ2n) is 5.55. The zero-order chi connectivity index (χ0) is 13.7. The molecule has 0 radical (unpaired) electrons. The third-order valence-corrected chi connectivity index (χ3v) is 4.25. The lowest BCUT2D eigenvalue weighted by Crippen LogP contribution is -2.43. The first-order valence-corrected chi connectivity index (χ1v) is 6.77. The summed E-state index contributed by atoms with van der Waals surface area (Å²) in [6.45, 7) is 3.11. The van der Waals surface area contributed by atoms with Crippen molar-refractivity contribution in [3.05, 3.63) is 30.0 Å². The van der Waals surface area contributed by atoms with Crippen molar-refractivity contribution in [3.63, 3.8) is 0 Å². The first-order valence-electron chi connectivity index (χ1n) is 6.77. The Morgan fingerprint density at radius 2 is 2.35 bits per heavy atom. The van der Waals surface area contributed by atoms with Crippen molar-refractivity contribution in [2.24, 2.45) is 5.92 Å². The van der Waals surface area contributed by atoms with Crippen LogP contribution in [0.4, 0.5) is 4.39 Å². The molecule has 0 aromatic carbocycles. The van der Waals surface area contributed by atoms with Gasteiger partial charge in [0.2, 0.25) is 0 Å². The molecule has 0 saturated carbocycles. The maximum Gasteiger partial charge on any atom is 0.278 e. The van der Waals surface area contributed by atoms with Crippen molar-refractivity contribution in [2.45, 2.75) is 12.5 Å². The molecular weight excluding hydrogens is 261 g/mol. The minimum Gasteiger partial charge on any atom is -0.431 e. The molecule has 2 fully saturated rings. The zero-order valence-corrected chi connectivity index (χ0v) is 10.8. The van der Waals surface area contributed by atoms with Gasteiger partial charge in [0.1, 0.15) is 11.3 Å². The minimum absolute atomic E-state index is 0.196. The Bertz CT molecular complexity index is 684. The van der Waals surface area contributed by atoms with Gasteiger partial charge in [0.25, 0.3) is 11.9 Å². The molecule has 2 aliphatic heterocycles. The van der Waals surface area contributed by atoms with E-state index in [9.17, 15) is 9.18 Å². The van der Waals surface area contributed by atoms with Crippen molar-refractivity contribution < 1.29 is 13.6 Å². The van der Waals surface area contributed by atoms with Crippen LogP contribution in [0.25, 0.3) is 11.0 Å². The maximum absolute atomic E-state index is 13.0. The molecule has 2 aromatic heterocycles. The van der Waals surface area contributed by atoms with Crippen molar-refractivity contribution in [1.29, 1.82) is 0 Å². The van der Waals surface area contributed by atoms with Crippen LogP contribution in [0.3, 0.4) is 0 Å². The number of carbonyl (C=O) groups excluding carboxylic acids is 1. The molecule has 0 aliphatic carbocycles. The van der Waals surface area contributed by atoms with Gasteiger partial charge in [-0.3, -0.25) is 9.78 Å². The molecule has 104 valence electrons. The largest absolute Gasteiger partial charge is 0.431 e. The Hall–Kier alpha value is -1.95. The zero-order valence-electron chi connectivity index (χ0n) is 10.8. The summed E-state index contributed by atoms with van der Waals surface area (Å²) in [6.07, 6.45) is 2.60. The molecule has 4 heterocycles. The molecule has 0 spiro atoms. The Balaban J connectivity index is 1.54. The number of fused-ring (bicyclic) bond motifs is 3. The number of nitrogens with zero attached hydrogens (tertiary/aromatic N) is 2. The summed E-state index contributed by atoms with van der Waals surface area (Å²) < 4.78 is 17.9. The SMILES string of the molecule is O=C(NC1CN2CCC1C2)c1cc2oc(F)cc2cn1. The summed E-state index contributed by atoms with van der Waals surface area (Å²) in [4.78, 5) is 18.6. The van der Waals surface area contributed by atoms with Crippen LogP contribution < -0.4 is 5.32 Å². The van der Waals surface area contributed by atoms with E-state index in [-0.39, 0.29) is 17.6 Å². The fraction of sp³-hybridized carbons (Fsp3) is 0.429. The van der Waals surface area contributed by atoms with Crippen molar-refractivity contribution in [3.8, 4) is 0 Å². The van der Waals surface area contributed by atoms with Gasteiger partial charge in [0, 0.05) is 42.8 Å². The number of furan rings is 1. The second-order valence-corrected chi connectivity index (χ2v) is 5.55. The summed E-state index contributed by atoms with van der Waals surface area (Å²) in [5, 5.41) is 3.58. The van der Waals surface area contributed by atoms with E-state index >= 15 is 0 Å². The third kappa shape index (κ3) is 1.87. The highest BCUT2D eigenvalue weighted by Crippen LogP contribution is 2.28. The fourth-order valence-corrected chi connectivity index (χ4v) is 3.22. The van der Waals surface area contributed by atoms with Gasteiger partial charge < -0.3 is 14.6 Å². The van der Waals surface area contributed by atoms with Gasteiger partial charge in [-0.25, -0.2) is 0 Å². The number of halogens is 1. The van der Waals surface area contributed by atoms with E-state index in [1.807, 2.05) is 0 Å². The highest BCUT2D eigenvalue weighted by molar-refractivity contribution is 5.95. The number of aromatic nitrogens is 1. The average molecular weight is 275 g/mol. The lowest BCUT2D eigenvalue weighted by molar-refractivity contribution is 0.0919. The number of rotatable bonds is 2. The fourth-order valence-electron chi connectivity index (χ4n) is 3.22. The summed E-state index contributed by atoms with van der Waals surface area (Å²) >= 11 is 0. The van der Waals surface area contributed by atoms with Gasteiger partial charge >= 0.3 is 0 Å². The van der Waals surface area contributed by atoms with Gasteiger partial charge in [0.05, 0.1) is 0 Å². The van der Waals surface area contributed by atoms with Gasteiger partial charge in [-0.15, -0.1) is 0 Å². The Labute approximate surface area is 114 Å². The molecule has 2 aliphatic rings. The molecule has 20 heavy (non-hydrogen) atoms. The van der Waals surface area contributed by atoms with E-state index in [1.165, 1.54) is 18.3 Å². The van der Waals surface area contributed by atoms with Crippen molar-refractivity contribution in [2.75, 3.05) is 19.6 Å². The van der Waals surface area contributed by atoms with Crippen LogP contribution in [0, 0.1) is 11.9 Å². The first kappa shape index (κ1) is 11.8. The van der Waals surface area contributed by atoms with E-state index < -0.39 is 6.01 Å². The number of hydrogen-bond donors (Lipinski definition) is 1. The van der Waals surface area contributed by atoms with E-state index in [1.54, 1.807) is 0 Å². The number of hydrogen-bond acceptors (Lipinski definition) is 4. The Kier molecular flexibility index (Phi) is 2.53. The van der Waals surface area contributed by atoms with Gasteiger partial charge in [-0.2, -0.15) is 4.39 Å². The second kappa shape index (κ2) is 4.28. The normalized spacial score (nSPS) is 28.1. The molecule has 2 saturated heterocycles. The van der Waals surface area contributed by atoms with Crippen molar-refractivity contribution in [1.82, 2.24) is 15.2 Å². The van der Waals surface area contributed by atoms with E-state index in [0.717, 1.165) is 26.1 Å². The smallest absolute Gasteiger partial charge is 0.278 e. The number of piperidine rings is 1. The predicted molar refractivity (Wildman–Crippen MR) is 69.8 cm³/mol. The molecule has 5 nitrogen and oxygen atoms in total. The molecule has 1 N–H and O–H groups in total. The van der Waals surface area contributed by atoms with E-state index in [0.29, 0.717) is 16.9 Å². The summed E-state index contributed by atoms with van der Waals surface area (Å²) in [5.41, 5.74) is 0.615. The molecule has 3 unspecified atom stereocenters.